The van der Waals surface area contributed by atoms with Gasteiger partial charge in [-0.1, -0.05) is 32.9 Å². The molecule has 0 saturated carbocycles. The highest BCUT2D eigenvalue weighted by atomic mass is 16.2. The lowest BCUT2D eigenvalue weighted by Crippen LogP contribution is -2.32. The van der Waals surface area contributed by atoms with Gasteiger partial charge in [-0.2, -0.15) is 0 Å². The van der Waals surface area contributed by atoms with Crippen molar-refractivity contribution in [2.75, 3.05) is 16.8 Å². The predicted molar refractivity (Wildman–Crippen MR) is 109 cm³/mol. The van der Waals surface area contributed by atoms with E-state index in [-0.39, 0.29) is 23.1 Å². The van der Waals surface area contributed by atoms with Gasteiger partial charge in [0, 0.05) is 17.8 Å². The summed E-state index contributed by atoms with van der Waals surface area (Å²) in [5.74, 6) is -0.0841. The number of hydrogen-bond donors (Lipinski definition) is 1. The van der Waals surface area contributed by atoms with Crippen LogP contribution >= 0.6 is 0 Å². The van der Waals surface area contributed by atoms with Crippen molar-refractivity contribution in [1.82, 2.24) is 0 Å². The maximum atomic E-state index is 12.7. The minimum absolute atomic E-state index is 0.0617. The van der Waals surface area contributed by atoms with Crippen LogP contribution in [0.15, 0.2) is 36.4 Å². The predicted octanol–water partition coefficient (Wildman–Crippen LogP) is 4.63. The van der Waals surface area contributed by atoms with Crippen molar-refractivity contribution >= 4 is 23.2 Å². The molecular formula is C23H26N2O2. The first-order chi connectivity index (χ1) is 12.8. The van der Waals surface area contributed by atoms with Crippen LogP contribution < -0.4 is 10.2 Å². The second kappa shape index (κ2) is 6.22. The Labute approximate surface area is 160 Å². The molecule has 0 bridgehead atoms. The smallest absolute Gasteiger partial charge is 0.255 e. The average molecular weight is 362 g/mol. The first kappa shape index (κ1) is 17.8. The Morgan fingerprint density at radius 2 is 1.85 bits per heavy atom. The van der Waals surface area contributed by atoms with E-state index >= 15 is 0 Å². The minimum Gasteiger partial charge on any atom is -0.322 e. The number of nitrogens with zero attached hydrogens (tertiary/aromatic N) is 1. The Kier molecular flexibility index (Phi) is 4.10. The van der Waals surface area contributed by atoms with E-state index in [1.165, 1.54) is 5.56 Å². The fourth-order valence-corrected chi connectivity index (χ4v) is 4.09. The highest BCUT2D eigenvalue weighted by Crippen LogP contribution is 2.44. The van der Waals surface area contributed by atoms with Crippen LogP contribution in [0.25, 0.3) is 0 Å². The normalized spacial score (nSPS) is 18.4. The standard InChI is InChI=1S/C23H26N2O2/c1-14-19-13-18(12-16-6-5-11-25(20(16)19)22(14)27)24-21(26)15-7-9-17(10-8-15)23(2,3)4/h7-10,12-14H,5-6,11H2,1-4H3,(H,24,26). The maximum Gasteiger partial charge on any atom is 0.255 e. The number of rotatable bonds is 2. The molecule has 2 aliphatic rings. The van der Waals surface area contributed by atoms with Gasteiger partial charge in [-0.3, -0.25) is 9.59 Å². The van der Waals surface area contributed by atoms with Crippen LogP contribution in [-0.4, -0.2) is 18.4 Å². The molecule has 4 rings (SSSR count). The number of anilines is 2. The van der Waals surface area contributed by atoms with E-state index in [4.69, 9.17) is 0 Å². The number of nitrogens with one attached hydrogen (secondary N) is 1. The summed E-state index contributed by atoms with van der Waals surface area (Å²) < 4.78 is 0. The number of carbonyl (C=O) groups excluding carboxylic acids is 2. The fourth-order valence-electron chi connectivity index (χ4n) is 4.09. The summed E-state index contributed by atoms with van der Waals surface area (Å²) in [7, 11) is 0. The summed E-state index contributed by atoms with van der Waals surface area (Å²) in [5.41, 5.74) is 5.96. The fraction of sp³-hybridized carbons (Fsp3) is 0.391. The number of amides is 2. The van der Waals surface area contributed by atoms with Gasteiger partial charge < -0.3 is 10.2 Å². The molecule has 1 atom stereocenters. The molecule has 4 nitrogen and oxygen atoms in total. The summed E-state index contributed by atoms with van der Waals surface area (Å²) in [5, 5.41) is 3.03. The SMILES string of the molecule is CC1C(=O)N2CCCc3cc(NC(=O)c4ccc(C(C)(C)C)cc4)cc1c32. The lowest BCUT2D eigenvalue weighted by molar-refractivity contribution is -0.119. The topological polar surface area (TPSA) is 49.4 Å². The van der Waals surface area contributed by atoms with Gasteiger partial charge in [0.15, 0.2) is 0 Å². The molecule has 2 aromatic carbocycles. The number of carbonyl (C=O) groups is 2. The van der Waals surface area contributed by atoms with Crippen molar-refractivity contribution in [3.63, 3.8) is 0 Å². The van der Waals surface area contributed by atoms with Crippen molar-refractivity contribution in [2.45, 2.75) is 51.9 Å². The molecule has 2 heterocycles. The lowest BCUT2D eigenvalue weighted by atomic mass is 9.86. The molecule has 1 N–H and O–H groups in total. The molecule has 0 radical (unpaired) electrons. The van der Waals surface area contributed by atoms with Crippen molar-refractivity contribution in [3.8, 4) is 0 Å². The monoisotopic (exact) mass is 362 g/mol. The summed E-state index contributed by atoms with van der Waals surface area (Å²) in [6, 6.07) is 11.8. The van der Waals surface area contributed by atoms with E-state index in [1.54, 1.807) is 0 Å². The summed E-state index contributed by atoms with van der Waals surface area (Å²) >= 11 is 0. The zero-order valence-corrected chi connectivity index (χ0v) is 16.4. The van der Waals surface area contributed by atoms with Crippen LogP contribution in [0.3, 0.4) is 0 Å². The molecular weight excluding hydrogens is 336 g/mol. The van der Waals surface area contributed by atoms with Gasteiger partial charge in [0.1, 0.15) is 0 Å². The van der Waals surface area contributed by atoms with Crippen LogP contribution in [0.4, 0.5) is 11.4 Å². The van der Waals surface area contributed by atoms with E-state index in [0.717, 1.165) is 41.9 Å². The van der Waals surface area contributed by atoms with Crippen LogP contribution in [0.2, 0.25) is 0 Å². The lowest BCUT2D eigenvalue weighted by Gasteiger charge is -2.26. The Hall–Kier alpha value is -2.62. The van der Waals surface area contributed by atoms with Crippen molar-refractivity contribution < 1.29 is 9.59 Å². The van der Waals surface area contributed by atoms with Gasteiger partial charge in [0.05, 0.1) is 11.6 Å². The van der Waals surface area contributed by atoms with Crippen LogP contribution in [0, 0.1) is 0 Å². The number of benzene rings is 2. The Morgan fingerprint density at radius 1 is 1.15 bits per heavy atom. The third-order valence-corrected chi connectivity index (χ3v) is 5.69. The third kappa shape index (κ3) is 3.03. The van der Waals surface area contributed by atoms with Crippen molar-refractivity contribution in [3.05, 3.63) is 58.7 Å². The molecule has 140 valence electrons. The van der Waals surface area contributed by atoms with Gasteiger partial charge in [-0.25, -0.2) is 0 Å². The van der Waals surface area contributed by atoms with E-state index < -0.39 is 0 Å². The number of aryl methyl sites for hydroxylation is 1. The van der Waals surface area contributed by atoms with Crippen LogP contribution in [-0.2, 0) is 16.6 Å². The molecule has 0 saturated heterocycles. The Morgan fingerprint density at radius 3 is 2.52 bits per heavy atom. The van der Waals surface area contributed by atoms with E-state index in [1.807, 2.05) is 48.2 Å². The molecule has 0 aliphatic carbocycles. The molecule has 1 unspecified atom stereocenters. The number of hydrogen-bond acceptors (Lipinski definition) is 2. The van der Waals surface area contributed by atoms with Crippen molar-refractivity contribution in [1.29, 1.82) is 0 Å². The first-order valence-corrected chi connectivity index (χ1v) is 9.66. The van der Waals surface area contributed by atoms with Crippen molar-refractivity contribution in [2.24, 2.45) is 0 Å². The molecule has 2 amide bonds. The highest BCUT2D eigenvalue weighted by molar-refractivity contribution is 6.08. The first-order valence-electron chi connectivity index (χ1n) is 9.66. The largest absolute Gasteiger partial charge is 0.322 e. The van der Waals surface area contributed by atoms with Gasteiger partial charge >= 0.3 is 0 Å². The second-order valence-corrected chi connectivity index (χ2v) is 8.67. The highest BCUT2D eigenvalue weighted by Gasteiger charge is 2.37. The van der Waals surface area contributed by atoms with E-state index in [2.05, 4.69) is 26.1 Å². The second-order valence-electron chi connectivity index (χ2n) is 8.67. The van der Waals surface area contributed by atoms with Crippen LogP contribution in [0.5, 0.6) is 0 Å². The summed E-state index contributed by atoms with van der Waals surface area (Å²) in [6.45, 7) is 9.22. The van der Waals surface area contributed by atoms with Gasteiger partial charge in [-0.15, -0.1) is 0 Å². The zero-order valence-electron chi connectivity index (χ0n) is 16.4. The molecule has 0 fully saturated rings. The quantitative estimate of drug-likeness (QED) is 0.846. The van der Waals surface area contributed by atoms with Gasteiger partial charge in [-0.05, 0) is 66.1 Å². The van der Waals surface area contributed by atoms with Gasteiger partial charge in [0.2, 0.25) is 5.91 Å². The van der Waals surface area contributed by atoms with E-state index in [9.17, 15) is 9.59 Å². The van der Waals surface area contributed by atoms with E-state index in [0.29, 0.717) is 5.56 Å². The Balaban J connectivity index is 1.61. The molecule has 27 heavy (non-hydrogen) atoms. The van der Waals surface area contributed by atoms with Crippen LogP contribution in [0.1, 0.15) is 67.1 Å². The Bertz CT molecular complexity index is 923. The van der Waals surface area contributed by atoms with Gasteiger partial charge in [0.25, 0.3) is 5.91 Å². The molecule has 0 aromatic heterocycles. The summed E-state index contributed by atoms with van der Waals surface area (Å²) in [4.78, 5) is 27.1. The average Bonchev–Trinajstić information content (AvgIpc) is 2.88. The zero-order chi connectivity index (χ0) is 19.3. The molecule has 4 heteroatoms. The molecule has 0 spiro atoms. The third-order valence-electron chi connectivity index (χ3n) is 5.69. The maximum absolute atomic E-state index is 12.7. The summed E-state index contributed by atoms with van der Waals surface area (Å²) in [6.07, 6.45) is 1.92. The minimum atomic E-state index is -0.139. The molecule has 2 aliphatic heterocycles. The molecule has 2 aromatic rings.